The van der Waals surface area contributed by atoms with E-state index >= 15 is 0 Å². The van der Waals surface area contributed by atoms with E-state index in [2.05, 4.69) is 6.92 Å². The number of para-hydroxylation sites is 1. The van der Waals surface area contributed by atoms with E-state index < -0.39 is 11.0 Å². The van der Waals surface area contributed by atoms with E-state index in [1.807, 2.05) is 30.3 Å². The molecule has 0 amide bonds. The van der Waals surface area contributed by atoms with Crippen molar-refractivity contribution in [1.29, 1.82) is 0 Å². The molecule has 7 nitrogen and oxygen atoms in total. The van der Waals surface area contributed by atoms with Gasteiger partial charge in [0.1, 0.15) is 5.78 Å². The zero-order chi connectivity index (χ0) is 21.9. The first kappa shape index (κ1) is 19.2. The maximum atomic E-state index is 13.8. The monoisotopic (exact) mass is 415 g/mol. The van der Waals surface area contributed by atoms with E-state index in [0.717, 1.165) is 46.1 Å². The number of hydrogen-bond donors (Lipinski definition) is 0. The lowest BCUT2D eigenvalue weighted by Gasteiger charge is -2.17. The van der Waals surface area contributed by atoms with Crippen molar-refractivity contribution in [2.45, 2.75) is 39.2 Å². The minimum absolute atomic E-state index is 0.0395. The van der Waals surface area contributed by atoms with Crippen molar-refractivity contribution in [2.24, 2.45) is 0 Å². The molecule has 1 aliphatic heterocycles. The van der Waals surface area contributed by atoms with Crippen LogP contribution in [0.1, 0.15) is 43.9 Å². The molecule has 0 N–H and O–H groups in total. The first-order chi connectivity index (χ1) is 14.9. The fraction of sp³-hybridized carbons (Fsp3) is 0.250. The van der Waals surface area contributed by atoms with Crippen molar-refractivity contribution in [2.75, 3.05) is 0 Å². The molecule has 156 valence electrons. The van der Waals surface area contributed by atoms with Crippen LogP contribution in [-0.2, 0) is 11.2 Å². The minimum atomic E-state index is -0.559. The molecule has 0 bridgehead atoms. The van der Waals surface area contributed by atoms with Gasteiger partial charge in [-0.05, 0) is 37.1 Å². The summed E-state index contributed by atoms with van der Waals surface area (Å²) in [5.74, 6) is -0.0725. The number of carbonyl (C=O) groups excluding carboxylic acids is 1. The second kappa shape index (κ2) is 6.91. The lowest BCUT2D eigenvalue weighted by Crippen LogP contribution is -2.30. The van der Waals surface area contributed by atoms with Crippen LogP contribution < -0.4 is 5.69 Å². The Balaban J connectivity index is 1.95. The lowest BCUT2D eigenvalue weighted by atomic mass is 9.96. The summed E-state index contributed by atoms with van der Waals surface area (Å²) < 4.78 is 3.40. The third kappa shape index (κ3) is 2.73. The largest absolute Gasteiger partial charge is 0.334 e. The van der Waals surface area contributed by atoms with Crippen LogP contribution in [-0.4, -0.2) is 19.7 Å². The highest BCUT2D eigenvalue weighted by Gasteiger charge is 2.35. The van der Waals surface area contributed by atoms with Crippen molar-refractivity contribution in [3.63, 3.8) is 0 Å². The number of aryl methyl sites for hydroxylation is 1. The molecule has 0 radical (unpaired) electrons. The number of rotatable bonds is 5. The Hall–Kier alpha value is -3.74. The number of aromatic nitrogens is 2. The molecule has 1 atom stereocenters. The number of carbonyl (C=O) groups is 1. The smallest absolute Gasteiger partial charge is 0.300 e. The molecular formula is C24H21N3O4. The third-order valence-corrected chi connectivity index (χ3v) is 6.10. The normalized spacial score (nSPS) is 14.7. The molecule has 31 heavy (non-hydrogen) atoms. The van der Waals surface area contributed by atoms with Gasteiger partial charge in [0.05, 0.1) is 27.7 Å². The number of non-ortho nitro benzene ring substituents is 1. The minimum Gasteiger partial charge on any atom is -0.300 e. The zero-order valence-corrected chi connectivity index (χ0v) is 17.3. The number of Topliss-reactive ketones (excluding diaryl/α,β-unsaturated/α-hetero) is 1. The van der Waals surface area contributed by atoms with Gasteiger partial charge < -0.3 is 0 Å². The molecule has 1 unspecified atom stereocenters. The van der Waals surface area contributed by atoms with Crippen LogP contribution in [0.5, 0.6) is 0 Å². The van der Waals surface area contributed by atoms with Gasteiger partial charge in [-0.25, -0.2) is 4.79 Å². The van der Waals surface area contributed by atoms with E-state index in [0.29, 0.717) is 5.56 Å². The third-order valence-electron chi connectivity index (χ3n) is 6.10. The molecule has 0 spiro atoms. The number of nitrogens with zero attached hydrogens (tertiary/aromatic N) is 3. The van der Waals surface area contributed by atoms with Crippen LogP contribution in [0.4, 0.5) is 5.69 Å². The summed E-state index contributed by atoms with van der Waals surface area (Å²) >= 11 is 0. The summed E-state index contributed by atoms with van der Waals surface area (Å²) in [7, 11) is 0. The Morgan fingerprint density at radius 1 is 1.13 bits per heavy atom. The molecule has 5 rings (SSSR count). The molecule has 0 fully saturated rings. The maximum Gasteiger partial charge on any atom is 0.334 e. The van der Waals surface area contributed by atoms with Gasteiger partial charge in [-0.3, -0.25) is 23.9 Å². The van der Waals surface area contributed by atoms with Crippen LogP contribution in [0.15, 0.2) is 53.3 Å². The standard InChI is InChI=1S/C24H21N3O4/c1-3-6-18-22-12-15-7-4-5-8-20(15)25(22)24(29)26-21(11-14(2)28)19-13-16(27(30)31)9-10-17(19)23(18)26/h4-5,7-10,12-13,21H,3,6,11H2,1-2H3. The molecule has 0 aliphatic carbocycles. The molecule has 2 aromatic carbocycles. The highest BCUT2D eigenvalue weighted by atomic mass is 16.6. The Labute approximate surface area is 177 Å². The number of ketones is 1. The summed E-state index contributed by atoms with van der Waals surface area (Å²) in [5, 5.41) is 12.4. The van der Waals surface area contributed by atoms with Crippen molar-refractivity contribution < 1.29 is 9.72 Å². The molecule has 4 aromatic rings. The van der Waals surface area contributed by atoms with E-state index in [4.69, 9.17) is 0 Å². The van der Waals surface area contributed by atoms with E-state index in [-0.39, 0.29) is 23.6 Å². The van der Waals surface area contributed by atoms with Crippen molar-refractivity contribution in [3.8, 4) is 11.3 Å². The van der Waals surface area contributed by atoms with Gasteiger partial charge >= 0.3 is 5.69 Å². The molecule has 1 aliphatic rings. The van der Waals surface area contributed by atoms with Gasteiger partial charge in [-0.1, -0.05) is 31.5 Å². The molecule has 7 heteroatoms. The van der Waals surface area contributed by atoms with Crippen LogP contribution in [0.2, 0.25) is 0 Å². The fourth-order valence-corrected chi connectivity index (χ4v) is 4.90. The summed E-state index contributed by atoms with van der Waals surface area (Å²) in [6, 6.07) is 13.9. The van der Waals surface area contributed by atoms with Crippen molar-refractivity contribution in [3.05, 3.63) is 80.3 Å². The second-order valence-electron chi connectivity index (χ2n) is 8.10. The number of fused-ring (bicyclic) bond motifs is 6. The van der Waals surface area contributed by atoms with Gasteiger partial charge in [-0.15, -0.1) is 0 Å². The topological polar surface area (TPSA) is 86.6 Å². The molecular weight excluding hydrogens is 394 g/mol. The van der Waals surface area contributed by atoms with Crippen LogP contribution in [0.3, 0.4) is 0 Å². The summed E-state index contributed by atoms with van der Waals surface area (Å²) in [6.45, 7) is 3.57. The number of nitro groups is 1. The first-order valence-electron chi connectivity index (χ1n) is 10.4. The van der Waals surface area contributed by atoms with E-state index in [1.54, 1.807) is 15.0 Å². The van der Waals surface area contributed by atoms with E-state index in [1.165, 1.54) is 19.1 Å². The van der Waals surface area contributed by atoms with Crippen molar-refractivity contribution in [1.82, 2.24) is 8.97 Å². The average molecular weight is 415 g/mol. The molecule has 0 saturated heterocycles. The predicted molar refractivity (Wildman–Crippen MR) is 119 cm³/mol. The number of benzene rings is 2. The Kier molecular flexibility index (Phi) is 4.28. The van der Waals surface area contributed by atoms with E-state index in [9.17, 15) is 19.7 Å². The highest BCUT2D eigenvalue weighted by Crippen LogP contribution is 2.44. The van der Waals surface area contributed by atoms with Crippen molar-refractivity contribution >= 4 is 27.9 Å². The van der Waals surface area contributed by atoms with Gasteiger partial charge in [0.25, 0.3) is 5.69 Å². The highest BCUT2D eigenvalue weighted by molar-refractivity contribution is 5.91. The predicted octanol–water partition coefficient (Wildman–Crippen LogP) is 4.66. The molecule has 0 saturated carbocycles. The molecule has 3 heterocycles. The summed E-state index contributed by atoms with van der Waals surface area (Å²) in [4.78, 5) is 36.9. The SMILES string of the molecule is CCCc1c2n(c(=O)n3c1cc1ccccc13)C(CC(C)=O)c1cc([N+](=O)[O-])ccc1-2. The lowest BCUT2D eigenvalue weighted by molar-refractivity contribution is -0.384. The first-order valence-corrected chi connectivity index (χ1v) is 10.4. The Bertz CT molecular complexity index is 1460. The quantitative estimate of drug-likeness (QED) is 0.350. The Morgan fingerprint density at radius 3 is 2.61 bits per heavy atom. The zero-order valence-electron chi connectivity index (χ0n) is 17.3. The van der Waals surface area contributed by atoms with Gasteiger partial charge in [0.15, 0.2) is 0 Å². The van der Waals surface area contributed by atoms with Crippen LogP contribution in [0, 0.1) is 10.1 Å². The summed E-state index contributed by atoms with van der Waals surface area (Å²) in [6.07, 6.45) is 1.73. The second-order valence-corrected chi connectivity index (χ2v) is 8.10. The number of nitro benzene ring substituents is 1. The molecule has 2 aromatic heterocycles. The number of hydrogen-bond acceptors (Lipinski definition) is 4. The Morgan fingerprint density at radius 2 is 1.90 bits per heavy atom. The van der Waals surface area contributed by atoms with Gasteiger partial charge in [0.2, 0.25) is 0 Å². The van der Waals surface area contributed by atoms with Crippen LogP contribution >= 0.6 is 0 Å². The maximum absolute atomic E-state index is 13.8. The van der Waals surface area contributed by atoms with Gasteiger partial charge in [-0.2, -0.15) is 0 Å². The van der Waals surface area contributed by atoms with Gasteiger partial charge in [0, 0.05) is 35.1 Å². The average Bonchev–Trinajstić information content (AvgIpc) is 3.27. The fourth-order valence-electron chi connectivity index (χ4n) is 4.90. The van der Waals surface area contributed by atoms with Crippen LogP contribution in [0.25, 0.3) is 27.7 Å². The summed E-state index contributed by atoms with van der Waals surface area (Å²) in [5.41, 5.74) is 4.67.